The molecular formula is C33H41N3O3. The number of phenols is 1. The van der Waals surface area contributed by atoms with Gasteiger partial charge in [-0.05, 0) is 102 Å². The summed E-state index contributed by atoms with van der Waals surface area (Å²) in [5.41, 5.74) is 22.5. The Balaban J connectivity index is 0.000000216. The highest BCUT2D eigenvalue weighted by atomic mass is 16.5. The number of anilines is 3. The minimum Gasteiger partial charge on any atom is -0.508 e. The molecule has 4 aromatic rings. The molecule has 0 atom stereocenters. The van der Waals surface area contributed by atoms with Gasteiger partial charge in [0.2, 0.25) is 0 Å². The van der Waals surface area contributed by atoms with E-state index in [-0.39, 0.29) is 16.6 Å². The fraction of sp³-hybridized carbons (Fsp3) is 0.273. The van der Waals surface area contributed by atoms with E-state index >= 15 is 0 Å². The second kappa shape index (κ2) is 11.6. The maximum absolute atomic E-state index is 9.90. The van der Waals surface area contributed by atoms with Crippen LogP contribution < -0.4 is 26.7 Å². The van der Waals surface area contributed by atoms with Gasteiger partial charge in [0, 0.05) is 16.9 Å². The Bertz CT molecular complexity index is 1420. The molecule has 0 spiro atoms. The number of phenolic OH excluding ortho intramolecular Hbond substituents is 1. The van der Waals surface area contributed by atoms with Crippen molar-refractivity contribution in [1.82, 2.24) is 0 Å². The first-order chi connectivity index (χ1) is 18.1. The number of rotatable bonds is 4. The van der Waals surface area contributed by atoms with Crippen LogP contribution in [0.5, 0.6) is 28.7 Å². The van der Waals surface area contributed by atoms with Gasteiger partial charge >= 0.3 is 0 Å². The Morgan fingerprint density at radius 2 is 1.08 bits per heavy atom. The van der Waals surface area contributed by atoms with E-state index in [9.17, 15) is 5.11 Å². The summed E-state index contributed by atoms with van der Waals surface area (Å²) in [4.78, 5) is 0. The number of nitrogen functional groups attached to an aromatic ring is 3. The summed E-state index contributed by atoms with van der Waals surface area (Å²) >= 11 is 0. The molecule has 0 aliphatic heterocycles. The van der Waals surface area contributed by atoms with E-state index in [2.05, 4.69) is 60.6 Å². The first-order valence-corrected chi connectivity index (χ1v) is 12.9. The van der Waals surface area contributed by atoms with Crippen molar-refractivity contribution in [3.63, 3.8) is 0 Å². The van der Waals surface area contributed by atoms with Crippen molar-refractivity contribution in [3.8, 4) is 28.7 Å². The monoisotopic (exact) mass is 527 g/mol. The largest absolute Gasteiger partial charge is 0.508 e. The second-order valence-corrected chi connectivity index (χ2v) is 11.7. The summed E-state index contributed by atoms with van der Waals surface area (Å²) in [6.45, 7) is 14.8. The van der Waals surface area contributed by atoms with Gasteiger partial charge in [-0.3, -0.25) is 0 Å². The van der Waals surface area contributed by atoms with Crippen LogP contribution >= 0.6 is 0 Å². The highest BCUT2D eigenvalue weighted by Crippen LogP contribution is 2.35. The molecule has 4 aromatic carbocycles. The Morgan fingerprint density at radius 3 is 1.67 bits per heavy atom. The number of hydrogen-bond acceptors (Lipinski definition) is 6. The normalized spacial score (nSPS) is 11.4. The fourth-order valence-corrected chi connectivity index (χ4v) is 4.11. The topological polar surface area (TPSA) is 117 Å². The Hall–Kier alpha value is -4.32. The molecule has 0 aromatic heterocycles. The lowest BCUT2D eigenvalue weighted by atomic mass is 9.84. The average Bonchev–Trinajstić information content (AvgIpc) is 2.83. The molecule has 7 N–H and O–H groups in total. The van der Waals surface area contributed by atoms with E-state index in [0.717, 1.165) is 17.1 Å². The standard InChI is InChI=1S/C17H22N2O.C16H19NO2/c1-11-5-7-13(10-14(11)17(2,3)4)20-16-8-6-12(18)9-15(16)19;1-16(2,3)14-10-13(8-9-15(14)18)19-12-6-4-11(17)5-7-12/h5-10H,18-19H2,1-4H3;4-10,18H,17H2,1-3H3. The van der Waals surface area contributed by atoms with Crippen molar-refractivity contribution in [2.45, 2.75) is 59.3 Å². The van der Waals surface area contributed by atoms with Crippen molar-refractivity contribution in [1.29, 1.82) is 0 Å². The van der Waals surface area contributed by atoms with Crippen LogP contribution in [-0.2, 0) is 10.8 Å². The Labute approximate surface area is 232 Å². The van der Waals surface area contributed by atoms with E-state index < -0.39 is 0 Å². The highest BCUT2D eigenvalue weighted by Gasteiger charge is 2.19. The zero-order valence-corrected chi connectivity index (χ0v) is 24.0. The molecule has 0 saturated heterocycles. The zero-order chi connectivity index (χ0) is 29.0. The van der Waals surface area contributed by atoms with Gasteiger partial charge in [-0.15, -0.1) is 0 Å². The minimum absolute atomic E-state index is 0.0795. The molecule has 0 aliphatic carbocycles. The summed E-state index contributed by atoms with van der Waals surface area (Å²) < 4.78 is 11.6. The molecule has 0 bridgehead atoms. The molecule has 0 amide bonds. The zero-order valence-electron chi connectivity index (χ0n) is 24.0. The molecule has 206 valence electrons. The van der Waals surface area contributed by atoms with Crippen LogP contribution in [0.4, 0.5) is 17.1 Å². The van der Waals surface area contributed by atoms with Crippen LogP contribution in [-0.4, -0.2) is 5.11 Å². The summed E-state index contributed by atoms with van der Waals surface area (Å²) in [6.07, 6.45) is 0. The molecule has 6 heteroatoms. The third kappa shape index (κ3) is 8.08. The van der Waals surface area contributed by atoms with Crippen LogP contribution in [0.25, 0.3) is 0 Å². The number of nitrogens with two attached hydrogens (primary N) is 3. The predicted molar refractivity (Wildman–Crippen MR) is 163 cm³/mol. The van der Waals surface area contributed by atoms with E-state index in [1.54, 1.807) is 42.5 Å². The summed E-state index contributed by atoms with van der Waals surface area (Å²) in [5, 5.41) is 9.90. The SMILES string of the molecule is CC(C)(C)c1cc(Oc2ccc(N)cc2)ccc1O.Cc1ccc(Oc2ccc(N)cc2N)cc1C(C)(C)C. The molecule has 0 aliphatic rings. The molecule has 39 heavy (non-hydrogen) atoms. The van der Waals surface area contributed by atoms with E-state index in [4.69, 9.17) is 26.7 Å². The molecule has 0 heterocycles. The number of hydrogen-bond donors (Lipinski definition) is 4. The van der Waals surface area contributed by atoms with Gasteiger partial charge in [0.25, 0.3) is 0 Å². The highest BCUT2D eigenvalue weighted by molar-refractivity contribution is 5.61. The number of benzene rings is 4. The van der Waals surface area contributed by atoms with Gasteiger partial charge in [-0.2, -0.15) is 0 Å². The molecule has 6 nitrogen and oxygen atoms in total. The number of aromatic hydroxyl groups is 1. The number of aryl methyl sites for hydroxylation is 1. The molecular weight excluding hydrogens is 486 g/mol. The van der Waals surface area contributed by atoms with Gasteiger partial charge in [0.05, 0.1) is 5.69 Å². The van der Waals surface area contributed by atoms with Crippen LogP contribution in [0, 0.1) is 6.92 Å². The van der Waals surface area contributed by atoms with Crippen molar-refractivity contribution in [2.75, 3.05) is 17.2 Å². The molecule has 4 rings (SSSR count). The van der Waals surface area contributed by atoms with Crippen molar-refractivity contribution < 1.29 is 14.6 Å². The van der Waals surface area contributed by atoms with Crippen molar-refractivity contribution in [2.24, 2.45) is 0 Å². The molecule has 0 fully saturated rings. The van der Waals surface area contributed by atoms with Gasteiger partial charge in [0.1, 0.15) is 28.7 Å². The fourth-order valence-electron chi connectivity index (χ4n) is 4.11. The maximum Gasteiger partial charge on any atom is 0.150 e. The predicted octanol–water partition coefficient (Wildman–Crippen LogP) is 8.31. The number of ether oxygens (including phenoxy) is 2. The van der Waals surface area contributed by atoms with Gasteiger partial charge < -0.3 is 31.8 Å². The van der Waals surface area contributed by atoms with E-state index in [0.29, 0.717) is 28.6 Å². The van der Waals surface area contributed by atoms with Gasteiger partial charge in [-0.25, -0.2) is 0 Å². The Kier molecular flexibility index (Phi) is 8.70. The lowest BCUT2D eigenvalue weighted by Crippen LogP contribution is -2.13. The first-order valence-electron chi connectivity index (χ1n) is 12.9. The van der Waals surface area contributed by atoms with Gasteiger partial charge in [0.15, 0.2) is 0 Å². The summed E-state index contributed by atoms with van der Waals surface area (Å²) in [6, 6.07) is 23.9. The first kappa shape index (κ1) is 29.2. The van der Waals surface area contributed by atoms with E-state index in [1.165, 1.54) is 11.1 Å². The Morgan fingerprint density at radius 1 is 0.564 bits per heavy atom. The quantitative estimate of drug-likeness (QED) is 0.198. The lowest BCUT2D eigenvalue weighted by molar-refractivity contribution is 0.438. The molecule has 0 saturated carbocycles. The average molecular weight is 528 g/mol. The second-order valence-electron chi connectivity index (χ2n) is 11.7. The lowest BCUT2D eigenvalue weighted by Gasteiger charge is -2.22. The van der Waals surface area contributed by atoms with Crippen LogP contribution in [0.1, 0.15) is 58.2 Å². The third-order valence-corrected chi connectivity index (χ3v) is 6.17. The smallest absolute Gasteiger partial charge is 0.150 e. The maximum atomic E-state index is 9.90. The molecule has 0 unspecified atom stereocenters. The van der Waals surface area contributed by atoms with E-state index in [1.807, 2.05) is 24.3 Å². The van der Waals surface area contributed by atoms with Crippen molar-refractivity contribution in [3.05, 3.63) is 95.6 Å². The summed E-state index contributed by atoms with van der Waals surface area (Å²) in [7, 11) is 0. The molecule has 0 radical (unpaired) electrons. The third-order valence-electron chi connectivity index (χ3n) is 6.17. The van der Waals surface area contributed by atoms with Gasteiger partial charge in [-0.1, -0.05) is 47.6 Å². The van der Waals surface area contributed by atoms with Crippen LogP contribution in [0.3, 0.4) is 0 Å². The van der Waals surface area contributed by atoms with Crippen LogP contribution in [0.2, 0.25) is 0 Å². The van der Waals surface area contributed by atoms with Crippen LogP contribution in [0.15, 0.2) is 78.9 Å². The minimum atomic E-state index is -0.134. The summed E-state index contributed by atoms with van der Waals surface area (Å²) in [5.74, 6) is 3.13. The van der Waals surface area contributed by atoms with Crippen molar-refractivity contribution >= 4 is 17.1 Å².